The van der Waals surface area contributed by atoms with Crippen molar-refractivity contribution in [1.82, 2.24) is 0 Å². The van der Waals surface area contributed by atoms with Crippen molar-refractivity contribution in [2.24, 2.45) is 11.7 Å². The van der Waals surface area contributed by atoms with E-state index >= 15 is 0 Å². The topological polar surface area (TPSA) is 81.1 Å². The van der Waals surface area contributed by atoms with Crippen LogP contribution in [0.5, 0.6) is 0 Å². The number of hydrogen-bond donors (Lipinski definition) is 3. The van der Waals surface area contributed by atoms with E-state index in [4.69, 9.17) is 11.5 Å². The maximum absolute atomic E-state index is 11.4. The summed E-state index contributed by atoms with van der Waals surface area (Å²) in [5.41, 5.74) is 11.9. The first-order valence-corrected chi connectivity index (χ1v) is 9.09. The highest BCUT2D eigenvalue weighted by Gasteiger charge is 2.19. The Morgan fingerprint density at radius 1 is 1.45 bits per heavy atom. The Balaban J connectivity index is 2.76. The molecule has 5 N–H and O–H groups in total. The van der Waals surface area contributed by atoms with Crippen molar-refractivity contribution in [3.8, 4) is 0 Å². The molecular formula is C14H25N3OS2. The molecule has 6 heteroatoms. The van der Waals surface area contributed by atoms with Gasteiger partial charge in [0.1, 0.15) is 9.88 Å². The minimum Gasteiger partial charge on any atom is -0.396 e. The Bertz CT molecular complexity index is 446. The molecule has 0 aliphatic rings. The van der Waals surface area contributed by atoms with Gasteiger partial charge in [-0.1, -0.05) is 33.1 Å². The average molecular weight is 316 g/mol. The molecule has 1 aromatic rings. The van der Waals surface area contributed by atoms with Gasteiger partial charge in [0.05, 0.1) is 10.6 Å². The van der Waals surface area contributed by atoms with Crippen LogP contribution in [-0.2, 0) is 0 Å². The average Bonchev–Trinajstić information content (AvgIpc) is 2.75. The van der Waals surface area contributed by atoms with Crippen LogP contribution >= 0.6 is 23.1 Å². The van der Waals surface area contributed by atoms with E-state index in [-0.39, 0.29) is 0 Å². The van der Waals surface area contributed by atoms with Crippen LogP contribution < -0.4 is 16.8 Å². The van der Waals surface area contributed by atoms with Crippen LogP contribution in [0.1, 0.15) is 49.2 Å². The number of unbranched alkanes of at least 4 members (excludes halogenated alkanes) is 1. The fourth-order valence-corrected chi connectivity index (χ4v) is 4.01. The van der Waals surface area contributed by atoms with Crippen molar-refractivity contribution in [2.75, 3.05) is 23.9 Å². The highest BCUT2D eigenvalue weighted by atomic mass is 32.2. The number of nitrogens with one attached hydrogen (secondary N) is 1. The predicted molar refractivity (Wildman–Crippen MR) is 90.8 cm³/mol. The Kier molecular flexibility index (Phi) is 7.23. The minimum atomic E-state index is -0.450. The lowest BCUT2D eigenvalue weighted by atomic mass is 9.99. The summed E-state index contributed by atoms with van der Waals surface area (Å²) in [6.07, 6.45) is 6.84. The zero-order chi connectivity index (χ0) is 15.1. The van der Waals surface area contributed by atoms with Gasteiger partial charge in [0, 0.05) is 6.54 Å². The zero-order valence-corrected chi connectivity index (χ0v) is 14.1. The van der Waals surface area contributed by atoms with E-state index in [2.05, 4.69) is 19.2 Å². The largest absolute Gasteiger partial charge is 0.396 e. The van der Waals surface area contributed by atoms with E-state index in [1.807, 2.05) is 6.26 Å². The van der Waals surface area contributed by atoms with E-state index < -0.39 is 5.91 Å². The van der Waals surface area contributed by atoms with Gasteiger partial charge in [0.2, 0.25) is 0 Å². The molecule has 1 rings (SSSR count). The van der Waals surface area contributed by atoms with Crippen LogP contribution in [0.25, 0.3) is 0 Å². The summed E-state index contributed by atoms with van der Waals surface area (Å²) in [7, 11) is 0. The molecule has 0 aliphatic carbocycles. The van der Waals surface area contributed by atoms with Gasteiger partial charge in [-0.3, -0.25) is 4.79 Å². The Morgan fingerprint density at radius 3 is 2.65 bits per heavy atom. The number of carbonyl (C=O) groups excluding carboxylic acids is 1. The minimum absolute atomic E-state index is 0.450. The maximum Gasteiger partial charge on any atom is 0.261 e. The van der Waals surface area contributed by atoms with Gasteiger partial charge in [0.25, 0.3) is 5.91 Å². The second kappa shape index (κ2) is 8.42. The molecule has 0 spiro atoms. The van der Waals surface area contributed by atoms with Gasteiger partial charge < -0.3 is 16.8 Å². The number of primary amides is 1. The van der Waals surface area contributed by atoms with Crippen LogP contribution in [0.3, 0.4) is 0 Å². The molecule has 1 heterocycles. The molecule has 0 aromatic carbocycles. The van der Waals surface area contributed by atoms with Crippen LogP contribution in [0.4, 0.5) is 10.7 Å². The Morgan fingerprint density at radius 2 is 2.15 bits per heavy atom. The number of amides is 1. The first-order chi connectivity index (χ1) is 9.54. The van der Waals surface area contributed by atoms with Crippen molar-refractivity contribution >= 4 is 39.7 Å². The molecule has 1 atom stereocenters. The molecule has 0 saturated heterocycles. The summed E-state index contributed by atoms with van der Waals surface area (Å²) in [5.74, 6) is 0.207. The number of thiophene rings is 1. The quantitative estimate of drug-likeness (QED) is 0.606. The van der Waals surface area contributed by atoms with Gasteiger partial charge in [0.15, 0.2) is 0 Å². The number of carbonyl (C=O) groups is 1. The lowest BCUT2D eigenvalue weighted by Gasteiger charge is -2.15. The van der Waals surface area contributed by atoms with Crippen LogP contribution in [0, 0.1) is 5.92 Å². The standard InChI is InChI=1S/C14H25N3OS2/c1-4-6-7-9(5-2)8-17-14-12(19-3)10(15)11(20-14)13(16)18/h9,17H,4-8,15H2,1-3H3,(H2,16,18). The summed E-state index contributed by atoms with van der Waals surface area (Å²) in [6.45, 7) is 5.35. The van der Waals surface area contributed by atoms with Crippen LogP contribution in [-0.4, -0.2) is 18.7 Å². The van der Waals surface area contributed by atoms with Crippen LogP contribution in [0.2, 0.25) is 0 Å². The third-order valence-corrected chi connectivity index (χ3v) is 5.56. The lowest BCUT2D eigenvalue weighted by Crippen LogP contribution is -2.13. The van der Waals surface area contributed by atoms with E-state index in [1.165, 1.54) is 30.6 Å². The number of nitrogens with two attached hydrogens (primary N) is 2. The second-order valence-electron chi connectivity index (χ2n) is 4.87. The fraction of sp³-hybridized carbons (Fsp3) is 0.643. The van der Waals surface area contributed by atoms with Gasteiger partial charge in [-0.05, 0) is 18.6 Å². The summed E-state index contributed by atoms with van der Waals surface area (Å²) in [5, 5.41) is 4.42. The molecule has 4 nitrogen and oxygen atoms in total. The van der Waals surface area contributed by atoms with Gasteiger partial charge in [-0.2, -0.15) is 0 Å². The molecular weight excluding hydrogens is 290 g/mol. The van der Waals surface area contributed by atoms with Crippen molar-refractivity contribution < 1.29 is 4.79 Å². The number of anilines is 2. The number of rotatable bonds is 9. The van der Waals surface area contributed by atoms with Crippen molar-refractivity contribution in [2.45, 2.75) is 44.4 Å². The Labute approximate surface area is 129 Å². The normalized spacial score (nSPS) is 12.3. The molecule has 1 unspecified atom stereocenters. The molecule has 0 radical (unpaired) electrons. The van der Waals surface area contributed by atoms with E-state index in [0.29, 0.717) is 16.5 Å². The second-order valence-corrected chi connectivity index (χ2v) is 6.71. The van der Waals surface area contributed by atoms with E-state index in [1.54, 1.807) is 11.8 Å². The summed E-state index contributed by atoms with van der Waals surface area (Å²) < 4.78 is 0. The SMILES string of the molecule is CCCCC(CC)CNc1sc(C(N)=O)c(N)c1SC. The maximum atomic E-state index is 11.4. The summed E-state index contributed by atoms with van der Waals surface area (Å²) in [6, 6.07) is 0. The molecule has 1 aromatic heterocycles. The molecule has 114 valence electrons. The van der Waals surface area contributed by atoms with Gasteiger partial charge >= 0.3 is 0 Å². The molecule has 0 fully saturated rings. The predicted octanol–water partition coefficient (Wildman–Crippen LogP) is 3.78. The first-order valence-electron chi connectivity index (χ1n) is 7.04. The van der Waals surface area contributed by atoms with Crippen molar-refractivity contribution in [3.05, 3.63) is 4.88 Å². The van der Waals surface area contributed by atoms with Gasteiger partial charge in [-0.25, -0.2) is 0 Å². The number of nitrogen functional groups attached to an aromatic ring is 1. The highest BCUT2D eigenvalue weighted by Crippen LogP contribution is 2.41. The summed E-state index contributed by atoms with van der Waals surface area (Å²) >= 11 is 2.92. The number of hydrogen-bond acceptors (Lipinski definition) is 5. The van der Waals surface area contributed by atoms with E-state index in [0.717, 1.165) is 22.9 Å². The smallest absolute Gasteiger partial charge is 0.261 e. The third-order valence-electron chi connectivity index (χ3n) is 3.42. The van der Waals surface area contributed by atoms with E-state index in [9.17, 15) is 4.79 Å². The van der Waals surface area contributed by atoms with Crippen molar-refractivity contribution in [1.29, 1.82) is 0 Å². The lowest BCUT2D eigenvalue weighted by molar-refractivity contribution is 0.100. The number of thioether (sulfide) groups is 1. The monoisotopic (exact) mass is 315 g/mol. The third kappa shape index (κ3) is 4.31. The molecule has 0 bridgehead atoms. The fourth-order valence-electron chi connectivity index (χ4n) is 2.11. The highest BCUT2D eigenvalue weighted by molar-refractivity contribution is 7.99. The first kappa shape index (κ1) is 17.2. The Hall–Kier alpha value is -0.880. The molecule has 0 saturated carbocycles. The molecule has 1 amide bonds. The molecule has 20 heavy (non-hydrogen) atoms. The van der Waals surface area contributed by atoms with Crippen LogP contribution in [0.15, 0.2) is 4.90 Å². The van der Waals surface area contributed by atoms with Crippen molar-refractivity contribution in [3.63, 3.8) is 0 Å². The summed E-state index contributed by atoms with van der Waals surface area (Å²) in [4.78, 5) is 12.8. The molecule has 0 aliphatic heterocycles. The zero-order valence-electron chi connectivity index (χ0n) is 12.5. The van der Waals surface area contributed by atoms with Gasteiger partial charge in [-0.15, -0.1) is 23.1 Å².